The first-order valence-corrected chi connectivity index (χ1v) is 6.59. The van der Waals surface area contributed by atoms with Gasteiger partial charge in [-0.2, -0.15) is 0 Å². The Balaban J connectivity index is 1.81. The lowest BCUT2D eigenvalue weighted by Crippen LogP contribution is -2.45. The van der Waals surface area contributed by atoms with Crippen molar-refractivity contribution in [2.45, 2.75) is 19.1 Å². The standard InChI is InChI=1S/C13H17N3O5/c1-9-6-14-7-12(21-9)8-20-13(17)15-10-3-2-4-11(5-10)16(18)19/h2-5,9,12,14H,6-8H2,1H3,(H,15,17). The van der Waals surface area contributed by atoms with E-state index in [4.69, 9.17) is 9.47 Å². The van der Waals surface area contributed by atoms with E-state index in [1.165, 1.54) is 18.2 Å². The maximum absolute atomic E-state index is 11.6. The molecule has 1 aromatic rings. The zero-order valence-corrected chi connectivity index (χ0v) is 11.6. The van der Waals surface area contributed by atoms with Crippen LogP contribution in [0.4, 0.5) is 16.2 Å². The van der Waals surface area contributed by atoms with E-state index in [1.807, 2.05) is 6.92 Å². The van der Waals surface area contributed by atoms with Crippen LogP contribution in [0.2, 0.25) is 0 Å². The zero-order valence-electron chi connectivity index (χ0n) is 11.6. The molecule has 0 aromatic heterocycles. The maximum Gasteiger partial charge on any atom is 0.411 e. The van der Waals surface area contributed by atoms with E-state index in [9.17, 15) is 14.9 Å². The van der Waals surface area contributed by atoms with Crippen LogP contribution in [0.15, 0.2) is 24.3 Å². The summed E-state index contributed by atoms with van der Waals surface area (Å²) in [5.41, 5.74) is 0.215. The molecule has 0 bridgehead atoms. The Labute approximate surface area is 121 Å². The van der Waals surface area contributed by atoms with Crippen LogP contribution in [-0.4, -0.2) is 42.9 Å². The number of morpholine rings is 1. The van der Waals surface area contributed by atoms with Crippen molar-refractivity contribution in [1.29, 1.82) is 0 Å². The van der Waals surface area contributed by atoms with Crippen LogP contribution < -0.4 is 10.6 Å². The third kappa shape index (κ3) is 4.69. The molecule has 1 heterocycles. The van der Waals surface area contributed by atoms with E-state index in [2.05, 4.69) is 10.6 Å². The minimum Gasteiger partial charge on any atom is -0.446 e. The molecule has 1 aromatic carbocycles. The van der Waals surface area contributed by atoms with Gasteiger partial charge in [0.05, 0.1) is 16.7 Å². The molecule has 8 nitrogen and oxygen atoms in total. The van der Waals surface area contributed by atoms with Crippen molar-refractivity contribution < 1.29 is 19.2 Å². The average molecular weight is 295 g/mol. The molecule has 2 N–H and O–H groups in total. The van der Waals surface area contributed by atoms with Gasteiger partial charge in [-0.25, -0.2) is 4.79 Å². The van der Waals surface area contributed by atoms with E-state index < -0.39 is 11.0 Å². The minimum absolute atomic E-state index is 0.0761. The smallest absolute Gasteiger partial charge is 0.411 e. The molecule has 0 spiro atoms. The second kappa shape index (κ2) is 7.00. The summed E-state index contributed by atoms with van der Waals surface area (Å²) in [4.78, 5) is 21.8. The van der Waals surface area contributed by atoms with Crippen LogP contribution in [0.5, 0.6) is 0 Å². The van der Waals surface area contributed by atoms with Gasteiger partial charge in [0.1, 0.15) is 12.7 Å². The first-order chi connectivity index (χ1) is 10.0. The fraction of sp³-hybridized carbons (Fsp3) is 0.462. The highest BCUT2D eigenvalue weighted by molar-refractivity contribution is 5.85. The highest BCUT2D eigenvalue weighted by atomic mass is 16.6. The normalized spacial score (nSPS) is 21.6. The van der Waals surface area contributed by atoms with Gasteiger partial charge in [0.2, 0.25) is 0 Å². The highest BCUT2D eigenvalue weighted by Gasteiger charge is 2.20. The van der Waals surface area contributed by atoms with Gasteiger partial charge < -0.3 is 14.8 Å². The lowest BCUT2D eigenvalue weighted by molar-refractivity contribution is -0.384. The average Bonchev–Trinajstić information content (AvgIpc) is 2.45. The van der Waals surface area contributed by atoms with Gasteiger partial charge in [-0.3, -0.25) is 15.4 Å². The first-order valence-electron chi connectivity index (χ1n) is 6.59. The fourth-order valence-corrected chi connectivity index (χ4v) is 1.99. The van der Waals surface area contributed by atoms with Crippen molar-refractivity contribution in [2.24, 2.45) is 0 Å². The number of benzene rings is 1. The number of anilines is 1. The second-order valence-corrected chi connectivity index (χ2v) is 4.76. The predicted octanol–water partition coefficient (Wildman–Crippen LogP) is 1.52. The van der Waals surface area contributed by atoms with Gasteiger partial charge >= 0.3 is 6.09 Å². The van der Waals surface area contributed by atoms with Crippen LogP contribution in [-0.2, 0) is 9.47 Å². The molecule has 0 aliphatic carbocycles. The molecule has 2 atom stereocenters. The number of carbonyl (C=O) groups excluding carboxylic acids is 1. The van der Waals surface area contributed by atoms with Crippen molar-refractivity contribution in [3.8, 4) is 0 Å². The van der Waals surface area contributed by atoms with E-state index in [1.54, 1.807) is 6.07 Å². The Morgan fingerprint density at radius 3 is 3.10 bits per heavy atom. The summed E-state index contributed by atoms with van der Waals surface area (Å²) >= 11 is 0. The van der Waals surface area contributed by atoms with Crippen molar-refractivity contribution in [3.63, 3.8) is 0 Å². The van der Waals surface area contributed by atoms with Crippen LogP contribution in [0.1, 0.15) is 6.92 Å². The molecule has 0 radical (unpaired) electrons. The lowest BCUT2D eigenvalue weighted by atomic mass is 10.2. The largest absolute Gasteiger partial charge is 0.446 e. The Morgan fingerprint density at radius 1 is 1.57 bits per heavy atom. The number of ether oxygens (including phenoxy) is 2. The SMILES string of the molecule is CC1CNCC(COC(=O)Nc2cccc([N+](=O)[O-])c2)O1. The third-order valence-corrected chi connectivity index (χ3v) is 2.93. The molecule has 0 saturated carbocycles. The highest BCUT2D eigenvalue weighted by Crippen LogP contribution is 2.17. The Kier molecular flexibility index (Phi) is 5.07. The van der Waals surface area contributed by atoms with Gasteiger partial charge in [0.15, 0.2) is 0 Å². The molecule has 114 valence electrons. The quantitative estimate of drug-likeness (QED) is 0.645. The summed E-state index contributed by atoms with van der Waals surface area (Å²) < 4.78 is 10.6. The third-order valence-electron chi connectivity index (χ3n) is 2.93. The van der Waals surface area contributed by atoms with Crippen LogP contribution in [0, 0.1) is 10.1 Å². The Morgan fingerprint density at radius 2 is 2.38 bits per heavy atom. The molecule has 8 heteroatoms. The summed E-state index contributed by atoms with van der Waals surface area (Å²) in [5.74, 6) is 0. The molecule has 1 amide bonds. The number of amides is 1. The number of rotatable bonds is 4. The maximum atomic E-state index is 11.6. The number of nitro benzene ring substituents is 1. The summed E-state index contributed by atoms with van der Waals surface area (Å²) in [5, 5.41) is 16.3. The van der Waals surface area contributed by atoms with Gasteiger partial charge in [0, 0.05) is 25.2 Å². The number of carbonyl (C=O) groups is 1. The molecular weight excluding hydrogens is 278 g/mol. The molecule has 2 rings (SSSR count). The number of nitro groups is 1. The van der Waals surface area contributed by atoms with E-state index >= 15 is 0 Å². The molecule has 1 fully saturated rings. The van der Waals surface area contributed by atoms with Gasteiger partial charge in [-0.1, -0.05) is 6.07 Å². The van der Waals surface area contributed by atoms with Crippen LogP contribution in [0.25, 0.3) is 0 Å². The topological polar surface area (TPSA) is 103 Å². The van der Waals surface area contributed by atoms with Crippen molar-refractivity contribution in [3.05, 3.63) is 34.4 Å². The Bertz CT molecular complexity index is 522. The molecule has 1 aliphatic heterocycles. The summed E-state index contributed by atoms with van der Waals surface area (Å²) in [6, 6.07) is 5.65. The monoisotopic (exact) mass is 295 g/mol. The minimum atomic E-state index is -0.669. The van der Waals surface area contributed by atoms with Crippen LogP contribution >= 0.6 is 0 Å². The fourth-order valence-electron chi connectivity index (χ4n) is 1.99. The van der Waals surface area contributed by atoms with E-state index in [0.717, 1.165) is 6.54 Å². The first kappa shape index (κ1) is 15.2. The van der Waals surface area contributed by atoms with Gasteiger partial charge in [-0.05, 0) is 13.0 Å². The molecule has 1 saturated heterocycles. The van der Waals surface area contributed by atoms with E-state index in [0.29, 0.717) is 12.2 Å². The predicted molar refractivity (Wildman–Crippen MR) is 75.3 cm³/mol. The number of nitrogens with one attached hydrogen (secondary N) is 2. The zero-order chi connectivity index (χ0) is 15.2. The van der Waals surface area contributed by atoms with Crippen molar-refractivity contribution >= 4 is 17.5 Å². The van der Waals surface area contributed by atoms with Crippen molar-refractivity contribution in [2.75, 3.05) is 25.0 Å². The number of non-ortho nitro benzene ring substituents is 1. The lowest BCUT2D eigenvalue weighted by Gasteiger charge is -2.28. The number of nitrogens with zero attached hydrogens (tertiary/aromatic N) is 1. The van der Waals surface area contributed by atoms with E-state index in [-0.39, 0.29) is 24.5 Å². The molecular formula is C13H17N3O5. The van der Waals surface area contributed by atoms with Crippen LogP contribution in [0.3, 0.4) is 0 Å². The van der Waals surface area contributed by atoms with Gasteiger partial charge in [0.25, 0.3) is 5.69 Å². The molecule has 1 aliphatic rings. The number of hydrogen-bond acceptors (Lipinski definition) is 6. The summed E-state index contributed by atoms with van der Waals surface area (Å²) in [7, 11) is 0. The summed E-state index contributed by atoms with van der Waals surface area (Å²) in [6.45, 7) is 3.45. The summed E-state index contributed by atoms with van der Waals surface area (Å²) in [6.07, 6.45) is -0.783. The van der Waals surface area contributed by atoms with Gasteiger partial charge in [-0.15, -0.1) is 0 Å². The molecule has 2 unspecified atom stereocenters. The second-order valence-electron chi connectivity index (χ2n) is 4.76. The number of hydrogen-bond donors (Lipinski definition) is 2. The van der Waals surface area contributed by atoms with Crippen molar-refractivity contribution in [1.82, 2.24) is 5.32 Å². The Hall–Kier alpha value is -2.19. The molecule has 21 heavy (non-hydrogen) atoms.